The SMILES string of the molecule is C1CC1.O=c1c(Cl)c(NCC2CCCOC2)cnn1-c1ccc(C2CCCO2)cc1. The first kappa shape index (κ1) is 21.3. The van der Waals surface area contributed by atoms with E-state index in [4.69, 9.17) is 21.1 Å². The zero-order valence-electron chi connectivity index (χ0n) is 17.3. The van der Waals surface area contributed by atoms with Gasteiger partial charge < -0.3 is 14.8 Å². The van der Waals surface area contributed by atoms with Gasteiger partial charge in [-0.15, -0.1) is 0 Å². The molecule has 0 bridgehead atoms. The van der Waals surface area contributed by atoms with Gasteiger partial charge in [-0.3, -0.25) is 4.79 Å². The van der Waals surface area contributed by atoms with Gasteiger partial charge in [-0.25, -0.2) is 0 Å². The minimum Gasteiger partial charge on any atom is -0.382 e. The van der Waals surface area contributed by atoms with Crippen molar-refractivity contribution in [2.24, 2.45) is 5.92 Å². The predicted octanol–water partition coefficient (Wildman–Crippen LogP) is 4.75. The summed E-state index contributed by atoms with van der Waals surface area (Å²) in [6.45, 7) is 3.11. The lowest BCUT2D eigenvalue weighted by molar-refractivity contribution is 0.0595. The fourth-order valence-corrected chi connectivity index (χ4v) is 3.83. The molecule has 2 atom stereocenters. The Morgan fingerprint density at radius 3 is 2.47 bits per heavy atom. The average Bonchev–Trinajstić information content (AvgIpc) is 3.58. The minimum absolute atomic E-state index is 0.155. The first-order chi connectivity index (χ1) is 14.7. The number of ether oxygens (including phenoxy) is 2. The molecule has 1 aromatic heterocycles. The monoisotopic (exact) mass is 431 g/mol. The quantitative estimate of drug-likeness (QED) is 0.740. The summed E-state index contributed by atoms with van der Waals surface area (Å²) in [5.74, 6) is 0.433. The topological polar surface area (TPSA) is 65.4 Å². The number of nitrogens with one attached hydrogen (secondary N) is 1. The summed E-state index contributed by atoms with van der Waals surface area (Å²) in [7, 11) is 0. The van der Waals surface area contributed by atoms with Gasteiger partial charge in [-0.2, -0.15) is 9.78 Å². The van der Waals surface area contributed by atoms with Crippen molar-refractivity contribution in [1.29, 1.82) is 0 Å². The lowest BCUT2D eigenvalue weighted by Gasteiger charge is -2.22. The summed E-state index contributed by atoms with van der Waals surface area (Å²) in [5, 5.41) is 7.70. The molecule has 0 radical (unpaired) electrons. The standard InChI is InChI=1S/C20H24ClN3O3.C3H6/c21-19-17(22-11-14-3-1-9-26-13-14)12-23-24(20(19)25)16-7-5-15(6-8-16)18-4-2-10-27-18;1-2-3-1/h5-8,12,14,18,22H,1-4,9-11,13H2;1-3H2. The van der Waals surface area contributed by atoms with Crippen molar-refractivity contribution in [1.82, 2.24) is 9.78 Å². The number of rotatable bonds is 5. The van der Waals surface area contributed by atoms with Crippen molar-refractivity contribution in [2.45, 2.75) is 51.0 Å². The van der Waals surface area contributed by atoms with Crippen LogP contribution in [-0.2, 0) is 9.47 Å². The normalized spacial score (nSPS) is 22.8. The van der Waals surface area contributed by atoms with E-state index >= 15 is 0 Å². The molecule has 3 fully saturated rings. The third-order valence-electron chi connectivity index (χ3n) is 5.55. The minimum atomic E-state index is -0.327. The molecule has 1 N–H and O–H groups in total. The second-order valence-electron chi connectivity index (χ2n) is 8.21. The number of nitrogens with zero attached hydrogens (tertiary/aromatic N) is 2. The fourth-order valence-electron chi connectivity index (χ4n) is 3.63. The van der Waals surface area contributed by atoms with Crippen LogP contribution in [0.3, 0.4) is 0 Å². The van der Waals surface area contributed by atoms with E-state index in [1.54, 1.807) is 6.20 Å². The highest BCUT2D eigenvalue weighted by Gasteiger charge is 2.18. The van der Waals surface area contributed by atoms with Crippen LogP contribution in [0.1, 0.15) is 56.6 Å². The van der Waals surface area contributed by atoms with Gasteiger partial charge in [0.05, 0.1) is 30.3 Å². The Morgan fingerprint density at radius 2 is 1.83 bits per heavy atom. The third-order valence-corrected chi connectivity index (χ3v) is 5.91. The van der Waals surface area contributed by atoms with Crippen molar-refractivity contribution in [3.8, 4) is 5.69 Å². The molecule has 3 aliphatic rings. The molecular weight excluding hydrogens is 402 g/mol. The molecule has 1 aliphatic carbocycles. The van der Waals surface area contributed by atoms with Gasteiger partial charge >= 0.3 is 0 Å². The van der Waals surface area contributed by atoms with Gasteiger partial charge in [0, 0.05) is 19.8 Å². The van der Waals surface area contributed by atoms with Crippen LogP contribution < -0.4 is 10.9 Å². The highest BCUT2D eigenvalue weighted by atomic mass is 35.5. The zero-order chi connectivity index (χ0) is 20.8. The molecule has 162 valence electrons. The molecule has 2 aliphatic heterocycles. The van der Waals surface area contributed by atoms with E-state index in [0.717, 1.165) is 57.6 Å². The Morgan fingerprint density at radius 1 is 1.07 bits per heavy atom. The van der Waals surface area contributed by atoms with Crippen molar-refractivity contribution in [2.75, 3.05) is 31.7 Å². The summed E-state index contributed by atoms with van der Waals surface area (Å²) in [4.78, 5) is 12.7. The van der Waals surface area contributed by atoms with E-state index in [9.17, 15) is 4.79 Å². The molecule has 2 aromatic rings. The number of benzene rings is 1. The summed E-state index contributed by atoms with van der Waals surface area (Å²) in [5.41, 5.74) is 2.06. The van der Waals surface area contributed by atoms with Crippen LogP contribution >= 0.6 is 11.6 Å². The second-order valence-corrected chi connectivity index (χ2v) is 8.59. The van der Waals surface area contributed by atoms with Crippen LogP contribution in [0, 0.1) is 5.92 Å². The van der Waals surface area contributed by atoms with E-state index < -0.39 is 0 Å². The summed E-state index contributed by atoms with van der Waals surface area (Å²) >= 11 is 6.31. The Hall–Kier alpha value is -1.89. The molecule has 1 aromatic carbocycles. The molecular formula is C23H30ClN3O3. The second kappa shape index (κ2) is 10.4. The summed E-state index contributed by atoms with van der Waals surface area (Å²) in [6.07, 6.45) is 10.6. The zero-order valence-corrected chi connectivity index (χ0v) is 18.1. The van der Waals surface area contributed by atoms with Gasteiger partial charge in [-0.1, -0.05) is 43.0 Å². The molecule has 0 amide bonds. The maximum Gasteiger partial charge on any atom is 0.292 e. The maximum atomic E-state index is 12.7. The molecule has 7 heteroatoms. The van der Waals surface area contributed by atoms with E-state index in [1.165, 1.54) is 23.9 Å². The van der Waals surface area contributed by atoms with Crippen molar-refractivity contribution >= 4 is 17.3 Å². The smallest absolute Gasteiger partial charge is 0.292 e. The van der Waals surface area contributed by atoms with Crippen LogP contribution in [0.2, 0.25) is 5.02 Å². The first-order valence-electron chi connectivity index (χ1n) is 11.0. The Bertz CT molecular complexity index is 867. The fraction of sp³-hybridized carbons (Fsp3) is 0.565. The molecule has 2 unspecified atom stereocenters. The molecule has 0 spiro atoms. The van der Waals surface area contributed by atoms with Crippen LogP contribution in [0.4, 0.5) is 5.69 Å². The Kier molecular flexibility index (Phi) is 7.42. The molecule has 6 nitrogen and oxygen atoms in total. The number of anilines is 1. The van der Waals surface area contributed by atoms with E-state index in [1.807, 2.05) is 24.3 Å². The lowest BCUT2D eigenvalue weighted by atomic mass is 10.0. The van der Waals surface area contributed by atoms with Gasteiger partial charge in [0.25, 0.3) is 5.56 Å². The Balaban J connectivity index is 0.000000667. The van der Waals surface area contributed by atoms with Crippen molar-refractivity contribution in [3.05, 3.63) is 51.4 Å². The summed E-state index contributed by atoms with van der Waals surface area (Å²) < 4.78 is 12.5. The summed E-state index contributed by atoms with van der Waals surface area (Å²) in [6, 6.07) is 7.74. The molecule has 3 heterocycles. The largest absolute Gasteiger partial charge is 0.382 e. The van der Waals surface area contributed by atoms with Gasteiger partial charge in [0.15, 0.2) is 0 Å². The number of hydrogen-bond donors (Lipinski definition) is 1. The number of hydrogen-bond acceptors (Lipinski definition) is 5. The van der Waals surface area contributed by atoms with Crippen LogP contribution in [0.5, 0.6) is 0 Å². The lowest BCUT2D eigenvalue weighted by Crippen LogP contribution is -2.26. The Labute approximate surface area is 182 Å². The third kappa shape index (κ3) is 5.62. The van der Waals surface area contributed by atoms with E-state index in [-0.39, 0.29) is 16.7 Å². The molecule has 1 saturated carbocycles. The predicted molar refractivity (Wildman–Crippen MR) is 119 cm³/mol. The maximum absolute atomic E-state index is 12.7. The van der Waals surface area contributed by atoms with Crippen LogP contribution in [0.25, 0.3) is 5.69 Å². The number of halogens is 1. The number of aromatic nitrogens is 2. The van der Waals surface area contributed by atoms with Crippen molar-refractivity contribution in [3.63, 3.8) is 0 Å². The van der Waals surface area contributed by atoms with Crippen LogP contribution in [0.15, 0.2) is 35.3 Å². The molecule has 30 heavy (non-hydrogen) atoms. The average molecular weight is 432 g/mol. The first-order valence-corrected chi connectivity index (χ1v) is 11.4. The van der Waals surface area contributed by atoms with Crippen LogP contribution in [-0.4, -0.2) is 36.1 Å². The highest BCUT2D eigenvalue weighted by Crippen LogP contribution is 2.29. The van der Waals surface area contributed by atoms with Gasteiger partial charge in [-0.05, 0) is 49.3 Å². The highest BCUT2D eigenvalue weighted by molar-refractivity contribution is 6.32. The van der Waals surface area contributed by atoms with Gasteiger partial charge in [0.1, 0.15) is 5.02 Å². The molecule has 5 rings (SSSR count). The van der Waals surface area contributed by atoms with Gasteiger partial charge in [0.2, 0.25) is 0 Å². The van der Waals surface area contributed by atoms with Crippen molar-refractivity contribution < 1.29 is 9.47 Å². The van der Waals surface area contributed by atoms with E-state index in [2.05, 4.69) is 10.4 Å². The molecule has 2 saturated heterocycles. The van der Waals surface area contributed by atoms with E-state index in [0.29, 0.717) is 17.3 Å².